The molecule has 1 aliphatic heterocycles. The Morgan fingerprint density at radius 3 is 1.59 bits per heavy atom. The Hall–Kier alpha value is -0.730. The van der Waals surface area contributed by atoms with E-state index in [9.17, 15) is 4.79 Å². The van der Waals surface area contributed by atoms with Gasteiger partial charge in [0.1, 0.15) is 0 Å². The van der Waals surface area contributed by atoms with E-state index in [4.69, 9.17) is 0 Å². The number of rotatable bonds is 0. The zero-order valence-electron chi connectivity index (χ0n) is 12.9. The molecule has 3 heteroatoms. The molecule has 3 nitrogen and oxygen atoms in total. The fourth-order valence-electron chi connectivity index (χ4n) is 3.04. The van der Waals surface area contributed by atoms with Crippen LogP contribution in [0.5, 0.6) is 0 Å². The molecule has 0 aromatic heterocycles. The smallest absolute Gasteiger partial charge is 0.315 e. The number of nitrogens with zero attached hydrogens (tertiary/aromatic N) is 2. The number of hydrogen-bond acceptors (Lipinski definition) is 1. The molecule has 1 heterocycles. The Kier molecular flexibility index (Phi) is 3.06. The number of hydrogen-bond donors (Lipinski definition) is 0. The number of carbonyl (C=O) groups excluding carboxylic acids is 1. The van der Waals surface area contributed by atoms with Crippen LogP contribution in [0.3, 0.4) is 0 Å². The third-order valence-corrected chi connectivity index (χ3v) is 3.78. The second-order valence-corrected chi connectivity index (χ2v) is 7.66. The minimum absolute atomic E-state index is 0.131. The lowest BCUT2D eigenvalue weighted by atomic mass is 9.90. The van der Waals surface area contributed by atoms with Crippen LogP contribution in [0.25, 0.3) is 0 Å². The van der Waals surface area contributed by atoms with E-state index in [1.807, 2.05) is 9.80 Å². The van der Waals surface area contributed by atoms with Crippen LogP contribution in [0.2, 0.25) is 0 Å². The molecule has 0 aliphatic carbocycles. The van der Waals surface area contributed by atoms with Crippen molar-refractivity contribution in [1.82, 2.24) is 9.80 Å². The van der Waals surface area contributed by atoms with Gasteiger partial charge in [0.2, 0.25) is 0 Å². The van der Waals surface area contributed by atoms with Crippen LogP contribution in [0.15, 0.2) is 0 Å². The number of carbonyl (C=O) groups is 1. The standard InChI is InChI=1S/C14H28N2O/c1-10-14(8,9)16(13(5,6)7)11(17)15(10)12(2,3)4/h10H,1-9H3/t10-/m1/s1. The second-order valence-electron chi connectivity index (χ2n) is 7.66. The van der Waals surface area contributed by atoms with Gasteiger partial charge in [0.25, 0.3) is 0 Å². The van der Waals surface area contributed by atoms with Gasteiger partial charge in [-0.1, -0.05) is 0 Å². The van der Waals surface area contributed by atoms with E-state index < -0.39 is 0 Å². The molecule has 100 valence electrons. The van der Waals surface area contributed by atoms with Gasteiger partial charge in [-0.05, 0) is 62.3 Å². The summed E-state index contributed by atoms with van der Waals surface area (Å²) in [6.07, 6.45) is 0. The molecule has 1 fully saturated rings. The summed E-state index contributed by atoms with van der Waals surface area (Å²) in [5, 5.41) is 0. The molecule has 0 radical (unpaired) electrons. The molecule has 0 unspecified atom stereocenters. The predicted molar refractivity (Wildman–Crippen MR) is 72.1 cm³/mol. The largest absolute Gasteiger partial charge is 0.321 e. The lowest BCUT2D eigenvalue weighted by Gasteiger charge is -2.42. The van der Waals surface area contributed by atoms with Crippen molar-refractivity contribution < 1.29 is 4.79 Å². The molecule has 1 saturated heterocycles. The Labute approximate surface area is 106 Å². The summed E-state index contributed by atoms with van der Waals surface area (Å²) in [4.78, 5) is 16.7. The molecule has 0 bridgehead atoms. The summed E-state index contributed by atoms with van der Waals surface area (Å²) in [7, 11) is 0. The van der Waals surface area contributed by atoms with E-state index in [2.05, 4.69) is 62.3 Å². The third kappa shape index (κ3) is 2.16. The number of amides is 2. The van der Waals surface area contributed by atoms with Gasteiger partial charge in [0.05, 0.1) is 11.6 Å². The van der Waals surface area contributed by atoms with E-state index in [-0.39, 0.29) is 28.7 Å². The first-order valence-electron chi connectivity index (χ1n) is 6.45. The zero-order valence-corrected chi connectivity index (χ0v) is 12.9. The van der Waals surface area contributed by atoms with Crippen molar-refractivity contribution in [3.05, 3.63) is 0 Å². The molecule has 1 atom stereocenters. The first-order chi connectivity index (χ1) is 7.31. The number of urea groups is 1. The molecule has 0 saturated carbocycles. The van der Waals surface area contributed by atoms with Crippen LogP contribution in [0, 0.1) is 0 Å². The van der Waals surface area contributed by atoms with E-state index in [0.717, 1.165) is 0 Å². The average Bonchev–Trinajstić information content (AvgIpc) is 2.13. The minimum atomic E-state index is -0.144. The van der Waals surface area contributed by atoms with Crippen LogP contribution < -0.4 is 0 Å². The molecule has 17 heavy (non-hydrogen) atoms. The maximum absolute atomic E-state index is 12.7. The maximum Gasteiger partial charge on any atom is 0.321 e. The summed E-state index contributed by atoms with van der Waals surface area (Å²) >= 11 is 0. The summed E-state index contributed by atoms with van der Waals surface area (Å²) in [6.45, 7) is 19.1. The Balaban J connectivity index is 3.26. The highest BCUT2D eigenvalue weighted by atomic mass is 16.2. The van der Waals surface area contributed by atoms with Gasteiger partial charge in [0.15, 0.2) is 0 Å². The van der Waals surface area contributed by atoms with Crippen LogP contribution in [-0.2, 0) is 0 Å². The Morgan fingerprint density at radius 1 is 1.00 bits per heavy atom. The second kappa shape index (κ2) is 3.63. The monoisotopic (exact) mass is 240 g/mol. The third-order valence-electron chi connectivity index (χ3n) is 3.78. The van der Waals surface area contributed by atoms with Gasteiger partial charge in [-0.2, -0.15) is 0 Å². The quantitative estimate of drug-likeness (QED) is 0.636. The van der Waals surface area contributed by atoms with Gasteiger partial charge in [0, 0.05) is 11.1 Å². The van der Waals surface area contributed by atoms with Gasteiger partial charge in [-0.15, -0.1) is 0 Å². The summed E-state index contributed by atoms with van der Waals surface area (Å²) in [5.74, 6) is 0. The zero-order chi connectivity index (χ0) is 13.8. The first-order valence-corrected chi connectivity index (χ1v) is 6.45. The van der Waals surface area contributed by atoms with Gasteiger partial charge in [-0.3, -0.25) is 0 Å². The van der Waals surface area contributed by atoms with E-state index >= 15 is 0 Å². The van der Waals surface area contributed by atoms with E-state index in [1.165, 1.54) is 0 Å². The summed E-state index contributed by atoms with van der Waals surface area (Å²) < 4.78 is 0. The topological polar surface area (TPSA) is 23.6 Å². The van der Waals surface area contributed by atoms with E-state index in [0.29, 0.717) is 0 Å². The van der Waals surface area contributed by atoms with Crippen molar-refractivity contribution >= 4 is 6.03 Å². The van der Waals surface area contributed by atoms with Crippen LogP contribution in [0.4, 0.5) is 4.79 Å². The Morgan fingerprint density at radius 2 is 1.41 bits per heavy atom. The van der Waals surface area contributed by atoms with Crippen molar-refractivity contribution in [2.75, 3.05) is 0 Å². The van der Waals surface area contributed by atoms with Crippen molar-refractivity contribution in [3.63, 3.8) is 0 Å². The lowest BCUT2D eigenvalue weighted by Crippen LogP contribution is -2.54. The molecular weight excluding hydrogens is 212 g/mol. The molecule has 1 rings (SSSR count). The summed E-state index contributed by atoms with van der Waals surface area (Å²) in [6, 6.07) is 0.372. The van der Waals surface area contributed by atoms with Gasteiger partial charge >= 0.3 is 6.03 Å². The van der Waals surface area contributed by atoms with Crippen LogP contribution in [-0.4, -0.2) is 38.5 Å². The SMILES string of the molecule is C[C@H]1N(C(C)(C)C)C(=O)N(C(C)(C)C)C1(C)C. The molecule has 2 amide bonds. The normalized spacial score (nSPS) is 25.7. The molecule has 0 aromatic rings. The van der Waals surface area contributed by atoms with Crippen molar-refractivity contribution in [1.29, 1.82) is 0 Å². The van der Waals surface area contributed by atoms with E-state index in [1.54, 1.807) is 0 Å². The van der Waals surface area contributed by atoms with Crippen LogP contribution in [0.1, 0.15) is 62.3 Å². The predicted octanol–water partition coefficient (Wildman–Crippen LogP) is 3.49. The van der Waals surface area contributed by atoms with Crippen LogP contribution >= 0.6 is 0 Å². The molecular formula is C14H28N2O. The highest BCUT2D eigenvalue weighted by Crippen LogP contribution is 2.41. The van der Waals surface area contributed by atoms with Gasteiger partial charge < -0.3 is 9.80 Å². The lowest BCUT2D eigenvalue weighted by molar-refractivity contribution is 0.0882. The van der Waals surface area contributed by atoms with Gasteiger partial charge in [-0.25, -0.2) is 4.79 Å². The molecule has 0 aromatic carbocycles. The summed E-state index contributed by atoms with van der Waals surface area (Å²) in [5.41, 5.74) is -0.411. The van der Waals surface area contributed by atoms with Crippen molar-refractivity contribution in [2.24, 2.45) is 0 Å². The highest BCUT2D eigenvalue weighted by Gasteiger charge is 2.55. The van der Waals surface area contributed by atoms with Crippen molar-refractivity contribution in [2.45, 2.75) is 85.0 Å². The maximum atomic E-state index is 12.7. The minimum Gasteiger partial charge on any atom is -0.315 e. The molecule has 0 N–H and O–H groups in total. The first kappa shape index (κ1) is 14.3. The molecule has 0 spiro atoms. The Bertz CT molecular complexity index is 320. The molecule has 1 aliphatic rings. The fourth-order valence-corrected chi connectivity index (χ4v) is 3.04. The fraction of sp³-hybridized carbons (Fsp3) is 0.929. The highest BCUT2D eigenvalue weighted by molar-refractivity contribution is 5.80. The average molecular weight is 240 g/mol. The van der Waals surface area contributed by atoms with Crippen molar-refractivity contribution in [3.8, 4) is 0 Å².